The summed E-state index contributed by atoms with van der Waals surface area (Å²) in [5, 5.41) is 3.67. The second kappa shape index (κ2) is 7.31. The summed E-state index contributed by atoms with van der Waals surface area (Å²) < 4.78 is 6.40. The first-order chi connectivity index (χ1) is 10.4. The molecule has 0 bridgehead atoms. The summed E-state index contributed by atoms with van der Waals surface area (Å²) >= 11 is 0. The van der Waals surface area contributed by atoms with Crippen molar-refractivity contribution in [1.82, 2.24) is 5.32 Å². The van der Waals surface area contributed by atoms with Crippen LogP contribution in [0.2, 0.25) is 0 Å². The van der Waals surface area contributed by atoms with Crippen LogP contribution in [-0.2, 0) is 6.42 Å². The van der Waals surface area contributed by atoms with E-state index < -0.39 is 0 Å². The van der Waals surface area contributed by atoms with Crippen LogP contribution >= 0.6 is 0 Å². The average Bonchev–Trinajstić information content (AvgIpc) is 2.74. The fraction of sp³-hybridized carbons (Fsp3) is 0.684. The standard InChI is InChI=1S/C19H29NO/c1-2-14-20-18-13-12-17-16(18)10-7-11-19(17)21-15-8-5-3-4-6-9-15/h7,10-11,15,18,20H,2-6,8-9,12-14H2,1H3. The van der Waals surface area contributed by atoms with Gasteiger partial charge in [-0.15, -0.1) is 0 Å². The summed E-state index contributed by atoms with van der Waals surface area (Å²) in [5.41, 5.74) is 2.95. The summed E-state index contributed by atoms with van der Waals surface area (Å²) in [4.78, 5) is 0. The van der Waals surface area contributed by atoms with E-state index >= 15 is 0 Å². The van der Waals surface area contributed by atoms with E-state index in [1.165, 1.54) is 74.7 Å². The predicted octanol–water partition coefficient (Wildman–Crippen LogP) is 4.78. The lowest BCUT2D eigenvalue weighted by Crippen LogP contribution is -2.20. The molecule has 0 spiro atoms. The molecule has 0 amide bonds. The molecule has 1 atom stereocenters. The van der Waals surface area contributed by atoms with Gasteiger partial charge < -0.3 is 10.1 Å². The maximum atomic E-state index is 6.40. The molecule has 116 valence electrons. The second-order valence-electron chi connectivity index (χ2n) is 6.60. The van der Waals surface area contributed by atoms with Crippen molar-refractivity contribution in [2.45, 2.75) is 76.9 Å². The molecule has 0 radical (unpaired) electrons. The minimum absolute atomic E-state index is 0.446. The van der Waals surface area contributed by atoms with Crippen molar-refractivity contribution in [3.05, 3.63) is 29.3 Å². The lowest BCUT2D eigenvalue weighted by Gasteiger charge is -2.20. The number of nitrogens with one attached hydrogen (secondary N) is 1. The van der Waals surface area contributed by atoms with Gasteiger partial charge in [0, 0.05) is 6.04 Å². The lowest BCUT2D eigenvalue weighted by molar-refractivity contribution is 0.182. The molecular formula is C19H29NO. The smallest absolute Gasteiger partial charge is 0.123 e. The number of rotatable bonds is 5. The molecule has 1 saturated carbocycles. The Morgan fingerprint density at radius 1 is 1.10 bits per heavy atom. The van der Waals surface area contributed by atoms with Crippen molar-refractivity contribution >= 4 is 0 Å². The normalized spacial score (nSPS) is 22.8. The zero-order valence-corrected chi connectivity index (χ0v) is 13.4. The highest BCUT2D eigenvalue weighted by Gasteiger charge is 2.25. The van der Waals surface area contributed by atoms with Gasteiger partial charge in [-0.2, -0.15) is 0 Å². The Morgan fingerprint density at radius 3 is 2.67 bits per heavy atom. The first kappa shape index (κ1) is 14.9. The van der Waals surface area contributed by atoms with Gasteiger partial charge in [0.2, 0.25) is 0 Å². The second-order valence-corrected chi connectivity index (χ2v) is 6.60. The quantitative estimate of drug-likeness (QED) is 0.787. The van der Waals surface area contributed by atoms with E-state index in [1.807, 2.05) is 0 Å². The third-order valence-electron chi connectivity index (χ3n) is 4.96. The van der Waals surface area contributed by atoms with Crippen LogP contribution in [-0.4, -0.2) is 12.6 Å². The number of fused-ring (bicyclic) bond motifs is 1. The third-order valence-corrected chi connectivity index (χ3v) is 4.96. The van der Waals surface area contributed by atoms with Crippen LogP contribution < -0.4 is 10.1 Å². The Bertz CT molecular complexity index is 449. The minimum Gasteiger partial charge on any atom is -0.490 e. The van der Waals surface area contributed by atoms with E-state index in [1.54, 1.807) is 0 Å². The van der Waals surface area contributed by atoms with E-state index in [4.69, 9.17) is 4.74 Å². The zero-order valence-electron chi connectivity index (χ0n) is 13.4. The molecule has 3 rings (SSSR count). The molecule has 1 unspecified atom stereocenters. The Labute approximate surface area is 129 Å². The Hall–Kier alpha value is -1.02. The highest BCUT2D eigenvalue weighted by Crippen LogP contribution is 2.38. The number of ether oxygens (including phenoxy) is 1. The maximum Gasteiger partial charge on any atom is 0.123 e. The van der Waals surface area contributed by atoms with Gasteiger partial charge in [-0.25, -0.2) is 0 Å². The van der Waals surface area contributed by atoms with E-state index in [0.717, 1.165) is 6.54 Å². The van der Waals surface area contributed by atoms with Gasteiger partial charge in [0.05, 0.1) is 6.10 Å². The Morgan fingerprint density at radius 2 is 1.90 bits per heavy atom. The predicted molar refractivity (Wildman–Crippen MR) is 87.9 cm³/mol. The molecule has 0 aliphatic heterocycles. The number of benzene rings is 1. The molecule has 1 fully saturated rings. The van der Waals surface area contributed by atoms with Crippen LogP contribution in [0.4, 0.5) is 0 Å². The van der Waals surface area contributed by atoms with Crippen LogP contribution in [0.3, 0.4) is 0 Å². The molecule has 0 aromatic heterocycles. The minimum atomic E-state index is 0.446. The maximum absolute atomic E-state index is 6.40. The van der Waals surface area contributed by atoms with Gasteiger partial charge >= 0.3 is 0 Å². The molecule has 2 aliphatic carbocycles. The van der Waals surface area contributed by atoms with Crippen LogP contribution in [0.15, 0.2) is 18.2 Å². The van der Waals surface area contributed by atoms with Crippen LogP contribution in [0, 0.1) is 0 Å². The van der Waals surface area contributed by atoms with Crippen molar-refractivity contribution in [1.29, 1.82) is 0 Å². The van der Waals surface area contributed by atoms with E-state index in [2.05, 4.69) is 30.4 Å². The van der Waals surface area contributed by atoms with Gasteiger partial charge in [0.25, 0.3) is 0 Å². The van der Waals surface area contributed by atoms with E-state index in [0.29, 0.717) is 12.1 Å². The highest BCUT2D eigenvalue weighted by molar-refractivity contribution is 5.45. The highest BCUT2D eigenvalue weighted by atomic mass is 16.5. The molecule has 1 aromatic rings. The van der Waals surface area contributed by atoms with Crippen molar-refractivity contribution in [3.8, 4) is 5.75 Å². The summed E-state index contributed by atoms with van der Waals surface area (Å²) in [5.74, 6) is 1.17. The van der Waals surface area contributed by atoms with Gasteiger partial charge in [0.1, 0.15) is 5.75 Å². The monoisotopic (exact) mass is 287 g/mol. The summed E-state index contributed by atoms with van der Waals surface area (Å²) in [7, 11) is 0. The Balaban J connectivity index is 1.70. The Kier molecular flexibility index (Phi) is 5.18. The van der Waals surface area contributed by atoms with Gasteiger partial charge in [0.15, 0.2) is 0 Å². The van der Waals surface area contributed by atoms with Crippen LogP contribution in [0.1, 0.15) is 75.5 Å². The third kappa shape index (κ3) is 3.60. The van der Waals surface area contributed by atoms with Crippen molar-refractivity contribution in [2.24, 2.45) is 0 Å². The topological polar surface area (TPSA) is 21.3 Å². The van der Waals surface area contributed by atoms with E-state index in [9.17, 15) is 0 Å². The fourth-order valence-electron chi connectivity index (χ4n) is 3.80. The molecule has 1 aromatic carbocycles. The number of hydrogen-bond acceptors (Lipinski definition) is 2. The first-order valence-corrected chi connectivity index (χ1v) is 8.90. The fourth-order valence-corrected chi connectivity index (χ4v) is 3.80. The van der Waals surface area contributed by atoms with Crippen LogP contribution in [0.25, 0.3) is 0 Å². The van der Waals surface area contributed by atoms with Crippen molar-refractivity contribution < 1.29 is 4.74 Å². The van der Waals surface area contributed by atoms with Gasteiger partial charge in [-0.05, 0) is 68.7 Å². The van der Waals surface area contributed by atoms with Gasteiger partial charge in [-0.3, -0.25) is 0 Å². The lowest BCUT2D eigenvalue weighted by atomic mass is 10.1. The average molecular weight is 287 g/mol. The molecule has 21 heavy (non-hydrogen) atoms. The molecule has 0 heterocycles. The summed E-state index contributed by atoms with van der Waals surface area (Å²) in [6, 6.07) is 7.19. The molecule has 2 heteroatoms. The molecule has 0 saturated heterocycles. The first-order valence-electron chi connectivity index (χ1n) is 8.90. The molecule has 2 aliphatic rings. The van der Waals surface area contributed by atoms with Crippen LogP contribution in [0.5, 0.6) is 5.75 Å². The largest absolute Gasteiger partial charge is 0.490 e. The molecule has 2 nitrogen and oxygen atoms in total. The zero-order chi connectivity index (χ0) is 14.5. The summed E-state index contributed by atoms with van der Waals surface area (Å²) in [6.07, 6.45) is 11.9. The van der Waals surface area contributed by atoms with Crippen molar-refractivity contribution in [2.75, 3.05) is 6.54 Å². The number of hydrogen-bond donors (Lipinski definition) is 1. The summed E-state index contributed by atoms with van der Waals surface area (Å²) in [6.45, 7) is 3.34. The van der Waals surface area contributed by atoms with Gasteiger partial charge in [-0.1, -0.05) is 31.9 Å². The van der Waals surface area contributed by atoms with Crippen molar-refractivity contribution in [3.63, 3.8) is 0 Å². The SMILES string of the molecule is CCCNC1CCc2c(OC3CCCCCC3)cccc21. The molecule has 1 N–H and O–H groups in total. The van der Waals surface area contributed by atoms with E-state index in [-0.39, 0.29) is 0 Å². The molecular weight excluding hydrogens is 258 g/mol.